The molecule has 1 amide bonds. The van der Waals surface area contributed by atoms with Crippen LogP contribution in [-0.4, -0.2) is 38.9 Å². The zero-order valence-electron chi connectivity index (χ0n) is 16.1. The summed E-state index contributed by atoms with van der Waals surface area (Å²) in [6, 6.07) is 7.70. The molecule has 1 fully saturated rings. The Bertz CT molecular complexity index is 1130. The van der Waals surface area contributed by atoms with E-state index in [0.717, 1.165) is 12.1 Å². The first-order valence-corrected chi connectivity index (χ1v) is 9.45. The van der Waals surface area contributed by atoms with E-state index in [1.165, 1.54) is 30.5 Å². The molecule has 2 heterocycles. The van der Waals surface area contributed by atoms with Crippen molar-refractivity contribution in [3.63, 3.8) is 0 Å². The van der Waals surface area contributed by atoms with Crippen molar-refractivity contribution in [1.29, 1.82) is 0 Å². The number of rotatable bonds is 6. The molecular formula is C21H18F3N5O2. The highest BCUT2D eigenvalue weighted by atomic mass is 19.1. The Morgan fingerprint density at radius 3 is 2.55 bits per heavy atom. The number of nitrogens with zero attached hydrogens (tertiary/aromatic N) is 3. The van der Waals surface area contributed by atoms with E-state index in [9.17, 15) is 23.1 Å². The summed E-state index contributed by atoms with van der Waals surface area (Å²) in [6.45, 7) is 0.173. The van der Waals surface area contributed by atoms with Gasteiger partial charge in [0.05, 0.1) is 22.5 Å². The number of aromatic nitrogens is 3. The van der Waals surface area contributed by atoms with E-state index >= 15 is 0 Å². The SMILES string of the molecule is NC(=O)c1ccc(F)c(-c2ccc(NC[C@]3(c4ncccc4F)C[C@H](F)C3)nn2)c1O. The highest BCUT2D eigenvalue weighted by Gasteiger charge is 2.48. The number of anilines is 1. The number of halogens is 3. The molecule has 1 aliphatic rings. The largest absolute Gasteiger partial charge is 0.506 e. The molecule has 2 aromatic heterocycles. The van der Waals surface area contributed by atoms with Gasteiger partial charge in [-0.15, -0.1) is 10.2 Å². The average molecular weight is 429 g/mol. The summed E-state index contributed by atoms with van der Waals surface area (Å²) in [5, 5.41) is 21.0. The summed E-state index contributed by atoms with van der Waals surface area (Å²) >= 11 is 0. The van der Waals surface area contributed by atoms with Gasteiger partial charge in [-0.05, 0) is 49.2 Å². The number of alkyl halides is 1. The maximum absolute atomic E-state index is 14.2. The molecule has 1 aliphatic carbocycles. The van der Waals surface area contributed by atoms with E-state index in [2.05, 4.69) is 20.5 Å². The molecule has 31 heavy (non-hydrogen) atoms. The van der Waals surface area contributed by atoms with Gasteiger partial charge in [-0.3, -0.25) is 9.78 Å². The number of nitrogens with one attached hydrogen (secondary N) is 1. The Hall–Kier alpha value is -3.69. The lowest BCUT2D eigenvalue weighted by molar-refractivity contribution is 0.0963. The van der Waals surface area contributed by atoms with E-state index in [4.69, 9.17) is 5.73 Å². The van der Waals surface area contributed by atoms with Crippen molar-refractivity contribution >= 4 is 11.7 Å². The van der Waals surface area contributed by atoms with Crippen molar-refractivity contribution in [2.45, 2.75) is 24.4 Å². The van der Waals surface area contributed by atoms with Gasteiger partial charge in [-0.2, -0.15) is 0 Å². The fraction of sp³-hybridized carbons (Fsp3) is 0.238. The Kier molecular flexibility index (Phi) is 5.22. The van der Waals surface area contributed by atoms with Gasteiger partial charge in [0.25, 0.3) is 5.91 Å². The molecule has 7 nitrogen and oxygen atoms in total. The molecule has 1 aromatic carbocycles. The minimum Gasteiger partial charge on any atom is -0.506 e. The highest BCUT2D eigenvalue weighted by Crippen LogP contribution is 2.45. The summed E-state index contributed by atoms with van der Waals surface area (Å²) in [6.07, 6.45) is 0.665. The van der Waals surface area contributed by atoms with E-state index < -0.39 is 34.9 Å². The van der Waals surface area contributed by atoms with Gasteiger partial charge in [-0.25, -0.2) is 13.2 Å². The molecule has 0 atom stereocenters. The van der Waals surface area contributed by atoms with Crippen molar-refractivity contribution in [1.82, 2.24) is 15.2 Å². The highest BCUT2D eigenvalue weighted by molar-refractivity contribution is 5.98. The summed E-state index contributed by atoms with van der Waals surface area (Å²) < 4.78 is 42.1. The van der Waals surface area contributed by atoms with E-state index in [1.807, 2.05) is 0 Å². The number of hydrogen-bond donors (Lipinski definition) is 3. The van der Waals surface area contributed by atoms with E-state index in [-0.39, 0.29) is 47.7 Å². The van der Waals surface area contributed by atoms with Gasteiger partial charge in [0.15, 0.2) is 0 Å². The van der Waals surface area contributed by atoms with Gasteiger partial charge < -0.3 is 16.2 Å². The number of primary amides is 1. The predicted molar refractivity (Wildman–Crippen MR) is 106 cm³/mol. The fourth-order valence-corrected chi connectivity index (χ4v) is 3.81. The molecule has 0 saturated heterocycles. The topological polar surface area (TPSA) is 114 Å². The lowest BCUT2D eigenvalue weighted by Crippen LogP contribution is -2.49. The van der Waals surface area contributed by atoms with Crippen LogP contribution >= 0.6 is 0 Å². The second kappa shape index (κ2) is 7.86. The van der Waals surface area contributed by atoms with Crippen LogP contribution in [0.2, 0.25) is 0 Å². The van der Waals surface area contributed by atoms with Gasteiger partial charge in [0.2, 0.25) is 0 Å². The number of pyridine rings is 1. The van der Waals surface area contributed by atoms with Crippen molar-refractivity contribution in [3.05, 3.63) is 65.5 Å². The Morgan fingerprint density at radius 2 is 1.94 bits per heavy atom. The summed E-state index contributed by atoms with van der Waals surface area (Å²) in [7, 11) is 0. The number of nitrogens with two attached hydrogens (primary N) is 1. The minimum atomic E-state index is -1.04. The Labute approximate surface area is 175 Å². The van der Waals surface area contributed by atoms with Crippen LogP contribution in [0.5, 0.6) is 5.75 Å². The second-order valence-corrected chi connectivity index (χ2v) is 7.46. The predicted octanol–water partition coefficient (Wildman–Crippen LogP) is 3.10. The quantitative estimate of drug-likeness (QED) is 0.555. The molecule has 4 N–H and O–H groups in total. The fourth-order valence-electron chi connectivity index (χ4n) is 3.81. The lowest BCUT2D eigenvalue weighted by Gasteiger charge is -2.44. The van der Waals surface area contributed by atoms with Crippen LogP contribution in [0.25, 0.3) is 11.3 Å². The molecule has 4 rings (SSSR count). The van der Waals surface area contributed by atoms with Crippen LogP contribution in [0.3, 0.4) is 0 Å². The number of carbonyl (C=O) groups excluding carboxylic acids is 1. The number of hydrogen-bond acceptors (Lipinski definition) is 6. The van der Waals surface area contributed by atoms with E-state index in [1.54, 1.807) is 0 Å². The normalized spacial score (nSPS) is 20.2. The number of aromatic hydroxyl groups is 1. The molecule has 1 saturated carbocycles. The van der Waals surface area contributed by atoms with Crippen molar-refractivity contribution in [3.8, 4) is 17.0 Å². The van der Waals surface area contributed by atoms with Crippen LogP contribution in [0.4, 0.5) is 19.0 Å². The van der Waals surface area contributed by atoms with Gasteiger partial charge in [-0.1, -0.05) is 0 Å². The number of phenols is 1. The summed E-state index contributed by atoms with van der Waals surface area (Å²) in [5.41, 5.74) is 3.99. The molecule has 160 valence electrons. The first-order valence-electron chi connectivity index (χ1n) is 9.45. The van der Waals surface area contributed by atoms with Crippen molar-refractivity contribution in [2.24, 2.45) is 5.73 Å². The molecular weight excluding hydrogens is 411 g/mol. The van der Waals surface area contributed by atoms with Crippen LogP contribution in [0, 0.1) is 11.6 Å². The first kappa shape index (κ1) is 20.6. The Balaban J connectivity index is 1.55. The monoisotopic (exact) mass is 429 g/mol. The van der Waals surface area contributed by atoms with Gasteiger partial charge in [0.1, 0.15) is 29.4 Å². The zero-order chi connectivity index (χ0) is 22.2. The Morgan fingerprint density at radius 1 is 1.16 bits per heavy atom. The van der Waals surface area contributed by atoms with Gasteiger partial charge >= 0.3 is 0 Å². The molecule has 0 bridgehead atoms. The molecule has 0 unspecified atom stereocenters. The molecule has 3 aromatic rings. The number of amides is 1. The number of carbonyl (C=O) groups is 1. The second-order valence-electron chi connectivity index (χ2n) is 7.46. The third-order valence-electron chi connectivity index (χ3n) is 5.41. The van der Waals surface area contributed by atoms with Crippen LogP contribution in [-0.2, 0) is 5.41 Å². The van der Waals surface area contributed by atoms with Gasteiger partial charge in [0, 0.05) is 18.2 Å². The molecule has 0 radical (unpaired) electrons. The van der Waals surface area contributed by atoms with E-state index in [0.29, 0.717) is 0 Å². The maximum atomic E-state index is 14.2. The van der Waals surface area contributed by atoms with Crippen molar-refractivity contribution in [2.75, 3.05) is 11.9 Å². The third-order valence-corrected chi connectivity index (χ3v) is 5.41. The first-order chi connectivity index (χ1) is 14.8. The maximum Gasteiger partial charge on any atom is 0.252 e. The van der Waals surface area contributed by atoms with Crippen LogP contribution in [0.15, 0.2) is 42.6 Å². The standard InChI is InChI=1S/C21H18F3N5O2/c22-11-8-21(9-11,19-14(24)2-1-7-26-19)10-27-16-6-5-15(28-29-16)17-13(23)4-3-12(18(17)30)20(25)31/h1-7,11,30H,8-10H2,(H2,25,31)(H,27,29)/t11-,21-. The molecule has 0 aliphatic heterocycles. The van der Waals surface area contributed by atoms with Crippen LogP contribution in [0.1, 0.15) is 28.9 Å². The smallest absolute Gasteiger partial charge is 0.252 e. The summed E-state index contributed by atoms with van der Waals surface area (Å²) in [4.78, 5) is 15.5. The lowest BCUT2D eigenvalue weighted by atomic mass is 9.65. The zero-order valence-corrected chi connectivity index (χ0v) is 16.1. The number of benzene rings is 1. The summed E-state index contributed by atoms with van der Waals surface area (Å²) in [5.74, 6) is -2.56. The average Bonchev–Trinajstić information content (AvgIpc) is 2.71. The minimum absolute atomic E-state index is 0.0124. The van der Waals surface area contributed by atoms with Crippen LogP contribution < -0.4 is 11.1 Å². The van der Waals surface area contributed by atoms with Crippen molar-refractivity contribution < 1.29 is 23.1 Å². The molecule has 10 heteroatoms. The third kappa shape index (κ3) is 3.76. The molecule has 0 spiro atoms.